The number of rotatable bonds is 7. The van der Waals surface area contributed by atoms with Crippen molar-refractivity contribution < 1.29 is 9.53 Å². The van der Waals surface area contributed by atoms with Gasteiger partial charge in [-0.3, -0.25) is 9.79 Å². The Morgan fingerprint density at radius 1 is 1.25 bits per heavy atom. The number of hydrogen-bond donors (Lipinski definition) is 2. The Bertz CT molecular complexity index is 400. The van der Waals surface area contributed by atoms with Crippen molar-refractivity contribution in [2.24, 2.45) is 10.9 Å². The fourth-order valence-corrected chi connectivity index (χ4v) is 3.39. The van der Waals surface area contributed by atoms with Gasteiger partial charge in [0.15, 0.2) is 5.96 Å². The van der Waals surface area contributed by atoms with Gasteiger partial charge in [0, 0.05) is 38.2 Å². The molecule has 140 valence electrons. The largest absolute Gasteiger partial charge is 0.380 e. The fraction of sp³-hybridized carbons (Fsp3) is 0.882. The van der Waals surface area contributed by atoms with E-state index in [1.54, 1.807) is 0 Å². The average Bonchev–Trinajstić information content (AvgIpc) is 3.22. The van der Waals surface area contributed by atoms with Crippen molar-refractivity contribution in [1.82, 2.24) is 15.5 Å². The molecule has 0 aromatic heterocycles. The Balaban J connectivity index is 0.00000288. The molecule has 2 fully saturated rings. The molecular weight excluding hydrogens is 419 g/mol. The van der Waals surface area contributed by atoms with Crippen LogP contribution in [0, 0.1) is 5.92 Å². The van der Waals surface area contributed by atoms with Gasteiger partial charge in [0.05, 0.1) is 13.2 Å². The Morgan fingerprint density at radius 3 is 2.67 bits per heavy atom. The first-order chi connectivity index (χ1) is 11.2. The van der Waals surface area contributed by atoms with E-state index in [1.807, 2.05) is 11.8 Å². The predicted octanol–water partition coefficient (Wildman–Crippen LogP) is 1.99. The number of amides is 1. The van der Waals surface area contributed by atoms with E-state index in [-0.39, 0.29) is 29.9 Å². The maximum atomic E-state index is 12.5. The molecule has 1 aliphatic carbocycles. The predicted molar refractivity (Wildman–Crippen MR) is 108 cm³/mol. The summed E-state index contributed by atoms with van der Waals surface area (Å²) in [7, 11) is 0. The van der Waals surface area contributed by atoms with Gasteiger partial charge in [-0.15, -0.1) is 24.0 Å². The molecule has 0 bridgehead atoms. The molecular formula is C17H33IN4O2. The highest BCUT2D eigenvalue weighted by atomic mass is 127. The van der Waals surface area contributed by atoms with Crippen LogP contribution in [0.1, 0.15) is 46.0 Å². The van der Waals surface area contributed by atoms with E-state index >= 15 is 0 Å². The number of carbonyl (C=O) groups is 1. The van der Waals surface area contributed by atoms with Crippen LogP contribution in [0.25, 0.3) is 0 Å². The second-order valence-corrected chi connectivity index (χ2v) is 6.35. The molecule has 1 atom stereocenters. The molecule has 7 heteroatoms. The van der Waals surface area contributed by atoms with Gasteiger partial charge in [-0.2, -0.15) is 0 Å². The Hall–Kier alpha value is -0.570. The summed E-state index contributed by atoms with van der Waals surface area (Å²) in [5, 5.41) is 6.72. The highest BCUT2D eigenvalue weighted by molar-refractivity contribution is 14.0. The molecule has 24 heavy (non-hydrogen) atoms. The topological polar surface area (TPSA) is 66.0 Å². The average molecular weight is 452 g/mol. The van der Waals surface area contributed by atoms with Crippen molar-refractivity contribution in [3.8, 4) is 0 Å². The van der Waals surface area contributed by atoms with Gasteiger partial charge in [0.1, 0.15) is 0 Å². The molecule has 0 aromatic rings. The summed E-state index contributed by atoms with van der Waals surface area (Å²) in [6.07, 6.45) is 5.57. The lowest BCUT2D eigenvalue weighted by molar-refractivity contribution is -0.134. The summed E-state index contributed by atoms with van der Waals surface area (Å²) < 4.78 is 5.32. The smallest absolute Gasteiger partial charge is 0.225 e. The SMILES string of the molecule is CCNC(=NCCOCC)NC1CCN(C(=O)C2CCCC2)C1.I. The molecule has 1 heterocycles. The fourth-order valence-electron chi connectivity index (χ4n) is 3.39. The molecule has 1 aliphatic heterocycles. The number of carbonyl (C=O) groups excluding carboxylic acids is 1. The first-order valence-corrected chi connectivity index (χ1v) is 9.16. The Labute approximate surface area is 163 Å². The molecule has 2 N–H and O–H groups in total. The summed E-state index contributed by atoms with van der Waals surface area (Å²) in [4.78, 5) is 19.1. The van der Waals surface area contributed by atoms with Crippen LogP contribution < -0.4 is 10.6 Å². The maximum absolute atomic E-state index is 12.5. The number of aliphatic imine (C=N–C) groups is 1. The summed E-state index contributed by atoms with van der Waals surface area (Å²) in [6, 6.07) is 0.297. The molecule has 1 saturated carbocycles. The number of hydrogen-bond acceptors (Lipinski definition) is 3. The lowest BCUT2D eigenvalue weighted by Crippen LogP contribution is -2.45. The summed E-state index contributed by atoms with van der Waals surface area (Å²) in [5.41, 5.74) is 0. The summed E-state index contributed by atoms with van der Waals surface area (Å²) in [5.74, 6) is 1.47. The van der Waals surface area contributed by atoms with Crippen molar-refractivity contribution in [3.05, 3.63) is 0 Å². The third kappa shape index (κ3) is 6.74. The van der Waals surface area contributed by atoms with E-state index in [4.69, 9.17) is 4.74 Å². The lowest BCUT2D eigenvalue weighted by atomic mass is 10.1. The first kappa shape index (κ1) is 21.5. The number of nitrogens with one attached hydrogen (secondary N) is 2. The lowest BCUT2D eigenvalue weighted by Gasteiger charge is -2.21. The molecule has 2 aliphatic rings. The van der Waals surface area contributed by atoms with Gasteiger partial charge in [-0.25, -0.2) is 0 Å². The van der Waals surface area contributed by atoms with Gasteiger partial charge in [0.25, 0.3) is 0 Å². The molecule has 6 nitrogen and oxygen atoms in total. The molecule has 0 spiro atoms. The van der Waals surface area contributed by atoms with E-state index < -0.39 is 0 Å². The van der Waals surface area contributed by atoms with Gasteiger partial charge in [-0.05, 0) is 33.1 Å². The molecule has 0 aromatic carbocycles. The third-order valence-electron chi connectivity index (χ3n) is 4.60. The number of halogens is 1. The molecule has 1 amide bonds. The van der Waals surface area contributed by atoms with Crippen molar-refractivity contribution >= 4 is 35.8 Å². The van der Waals surface area contributed by atoms with Crippen LogP contribution in [0.15, 0.2) is 4.99 Å². The molecule has 1 saturated heterocycles. The molecule has 1 unspecified atom stereocenters. The van der Waals surface area contributed by atoms with Crippen LogP contribution in [-0.4, -0.2) is 62.2 Å². The second-order valence-electron chi connectivity index (χ2n) is 6.35. The van der Waals surface area contributed by atoms with Crippen LogP contribution in [0.3, 0.4) is 0 Å². The van der Waals surface area contributed by atoms with Crippen LogP contribution in [0.5, 0.6) is 0 Å². The zero-order valence-corrected chi connectivity index (χ0v) is 17.4. The number of guanidine groups is 1. The number of ether oxygens (including phenoxy) is 1. The van der Waals surface area contributed by atoms with E-state index in [0.29, 0.717) is 25.1 Å². The van der Waals surface area contributed by atoms with Crippen molar-refractivity contribution in [1.29, 1.82) is 0 Å². The van der Waals surface area contributed by atoms with E-state index in [2.05, 4.69) is 22.5 Å². The summed E-state index contributed by atoms with van der Waals surface area (Å²) in [6.45, 7) is 8.56. The van der Waals surface area contributed by atoms with E-state index in [0.717, 1.165) is 51.5 Å². The zero-order valence-electron chi connectivity index (χ0n) is 15.1. The minimum atomic E-state index is 0. The normalized spacial score (nSPS) is 21.7. The van der Waals surface area contributed by atoms with Crippen molar-refractivity contribution in [2.75, 3.05) is 39.4 Å². The first-order valence-electron chi connectivity index (χ1n) is 9.16. The number of nitrogens with zero attached hydrogens (tertiary/aromatic N) is 2. The highest BCUT2D eigenvalue weighted by Gasteiger charge is 2.32. The molecule has 2 rings (SSSR count). The monoisotopic (exact) mass is 452 g/mol. The van der Waals surface area contributed by atoms with E-state index in [9.17, 15) is 4.79 Å². The second kappa shape index (κ2) is 11.9. The van der Waals surface area contributed by atoms with Gasteiger partial charge < -0.3 is 20.3 Å². The standard InChI is InChI=1S/C17H32N4O2.HI/c1-3-18-17(19-10-12-23-4-2)20-15-9-11-21(13-15)16(22)14-7-5-6-8-14;/h14-15H,3-13H2,1-2H3,(H2,18,19,20);1H. The highest BCUT2D eigenvalue weighted by Crippen LogP contribution is 2.27. The van der Waals surface area contributed by atoms with Gasteiger partial charge in [0.2, 0.25) is 5.91 Å². The zero-order chi connectivity index (χ0) is 16.5. The van der Waals surface area contributed by atoms with Crippen LogP contribution >= 0.6 is 24.0 Å². The van der Waals surface area contributed by atoms with Gasteiger partial charge in [-0.1, -0.05) is 12.8 Å². The van der Waals surface area contributed by atoms with Crippen LogP contribution in [0.2, 0.25) is 0 Å². The quantitative estimate of drug-likeness (QED) is 0.269. The minimum absolute atomic E-state index is 0. The maximum Gasteiger partial charge on any atom is 0.225 e. The summed E-state index contributed by atoms with van der Waals surface area (Å²) >= 11 is 0. The Morgan fingerprint density at radius 2 is 2.00 bits per heavy atom. The minimum Gasteiger partial charge on any atom is -0.380 e. The number of likely N-dealkylation sites (tertiary alicyclic amines) is 1. The Kier molecular flexibility index (Phi) is 10.6. The van der Waals surface area contributed by atoms with Gasteiger partial charge >= 0.3 is 0 Å². The van der Waals surface area contributed by atoms with Crippen molar-refractivity contribution in [3.63, 3.8) is 0 Å². The molecule has 0 radical (unpaired) electrons. The van der Waals surface area contributed by atoms with E-state index in [1.165, 1.54) is 12.8 Å². The van der Waals surface area contributed by atoms with Crippen LogP contribution in [0.4, 0.5) is 0 Å². The van der Waals surface area contributed by atoms with Crippen LogP contribution in [-0.2, 0) is 9.53 Å². The third-order valence-corrected chi connectivity index (χ3v) is 4.60. The van der Waals surface area contributed by atoms with Crippen molar-refractivity contribution in [2.45, 2.75) is 52.0 Å².